The van der Waals surface area contributed by atoms with Gasteiger partial charge in [-0.3, -0.25) is 0 Å². The summed E-state index contributed by atoms with van der Waals surface area (Å²) < 4.78 is 5.25. The smallest absolute Gasteiger partial charge is 0.0736 e. The Hall–Kier alpha value is -4.06. The highest BCUT2D eigenvalue weighted by Gasteiger charge is 2.54. The quantitative estimate of drug-likeness (QED) is 0.0333. The minimum absolute atomic E-state index is 0.518. The second-order valence-electron chi connectivity index (χ2n) is 38.2. The van der Waals surface area contributed by atoms with E-state index >= 15 is 0 Å². The number of thiophene rings is 2. The van der Waals surface area contributed by atoms with Gasteiger partial charge in [0.15, 0.2) is 0 Å². The van der Waals surface area contributed by atoms with E-state index in [0.717, 1.165) is 34.6 Å². The standard InChI is InChI=1S/C116H170Br2S2/c1-5-9-13-17-21-25-29-33-37-41-45-49-53-57-61-65-69-95-73-81-99(82-74-95)115(100-83-75-96(76-84-100)70-66-62-58-54-50-46-42-38-34-30-26-22-18-14-10-6-2)107-92-90-103(117)93-106(107)112-110(115)114-113(120-112)109-111(119-114)105-91-89-104(118)94-108(105)116(109,101-85-77-97(78-86-101)71-67-63-59-55-51-47-43-39-35-31-27-23-19-15-11-7-3)102-87-79-98(80-88-102)72-68-64-60-56-52-48-44-40-36-32-28-24-20-16-12-8-4/h73-94H,5-72H2,1-4H3. The first-order chi connectivity index (χ1) is 59.4. The molecular formula is C116H170Br2S2. The summed E-state index contributed by atoms with van der Waals surface area (Å²) in [7, 11) is 0. The van der Waals surface area contributed by atoms with Crippen molar-refractivity contribution in [2.45, 2.75) is 475 Å². The average molecular weight is 1790 g/mol. The highest BCUT2D eigenvalue weighted by atomic mass is 79.9. The van der Waals surface area contributed by atoms with Crippen LogP contribution in [-0.4, -0.2) is 0 Å². The van der Waals surface area contributed by atoms with Crippen molar-refractivity contribution in [3.63, 3.8) is 0 Å². The molecule has 0 nitrogen and oxygen atoms in total. The van der Waals surface area contributed by atoms with Crippen LogP contribution in [0.1, 0.15) is 505 Å². The lowest BCUT2D eigenvalue weighted by atomic mass is 9.66. The predicted octanol–water partition coefficient (Wildman–Crippen LogP) is 40.4. The van der Waals surface area contributed by atoms with Gasteiger partial charge in [-0.25, -0.2) is 0 Å². The van der Waals surface area contributed by atoms with Crippen LogP contribution in [0.4, 0.5) is 0 Å². The van der Waals surface area contributed by atoms with Gasteiger partial charge in [-0.1, -0.05) is 554 Å². The fourth-order valence-corrected chi connectivity index (χ4v) is 24.9. The summed E-state index contributed by atoms with van der Waals surface area (Å²) in [6, 6.07) is 55.6. The summed E-state index contributed by atoms with van der Waals surface area (Å²) in [4.78, 5) is 2.89. The Morgan fingerprint density at radius 3 is 0.642 bits per heavy atom. The van der Waals surface area contributed by atoms with Crippen LogP contribution in [0.5, 0.6) is 0 Å². The molecule has 2 heterocycles. The molecule has 2 aliphatic carbocycles. The molecule has 660 valence electrons. The van der Waals surface area contributed by atoms with Crippen molar-refractivity contribution in [1.29, 1.82) is 0 Å². The zero-order chi connectivity index (χ0) is 83.6. The molecule has 0 atom stereocenters. The van der Waals surface area contributed by atoms with E-state index in [2.05, 4.69) is 216 Å². The minimum atomic E-state index is -0.532. The van der Waals surface area contributed by atoms with Crippen molar-refractivity contribution < 1.29 is 0 Å². The van der Waals surface area contributed by atoms with Crippen LogP contribution in [0.3, 0.4) is 0 Å². The van der Waals surface area contributed by atoms with Crippen LogP contribution in [-0.2, 0) is 36.5 Å². The van der Waals surface area contributed by atoms with Crippen molar-refractivity contribution in [3.05, 3.63) is 209 Å². The molecular weight excluding hydrogens is 1620 g/mol. The number of rotatable bonds is 72. The number of aryl methyl sites for hydroxylation is 4. The summed E-state index contributed by atoms with van der Waals surface area (Å²) in [5.41, 5.74) is 19.1. The second kappa shape index (κ2) is 58.3. The van der Waals surface area contributed by atoms with E-state index in [1.54, 1.807) is 0 Å². The molecule has 0 radical (unpaired) electrons. The zero-order valence-electron chi connectivity index (χ0n) is 77.4. The molecule has 0 unspecified atom stereocenters. The average Bonchev–Trinajstić information content (AvgIpc) is 1.49. The zero-order valence-corrected chi connectivity index (χ0v) is 82.2. The summed E-state index contributed by atoms with van der Waals surface area (Å²) in [6.07, 6.45) is 94.4. The third-order valence-electron chi connectivity index (χ3n) is 28.4. The number of fused-ring (bicyclic) bond motifs is 9. The molecule has 0 amide bonds. The molecule has 10 rings (SSSR count). The Morgan fingerprint density at radius 1 is 0.200 bits per heavy atom. The maximum atomic E-state index is 4.15. The Kier molecular flexibility index (Phi) is 47.7. The predicted molar refractivity (Wildman–Crippen MR) is 543 cm³/mol. The number of benzene rings is 6. The van der Waals surface area contributed by atoms with Gasteiger partial charge in [0.05, 0.1) is 20.2 Å². The van der Waals surface area contributed by atoms with Crippen LogP contribution in [0, 0.1) is 0 Å². The van der Waals surface area contributed by atoms with Crippen molar-refractivity contribution in [3.8, 4) is 20.9 Å². The highest BCUT2D eigenvalue weighted by Crippen LogP contribution is 2.68. The molecule has 6 aromatic carbocycles. The molecule has 0 saturated heterocycles. The molecule has 4 heteroatoms. The van der Waals surface area contributed by atoms with Crippen LogP contribution >= 0.6 is 54.5 Å². The lowest BCUT2D eigenvalue weighted by Crippen LogP contribution is -2.29. The van der Waals surface area contributed by atoms with E-state index in [0.29, 0.717) is 0 Å². The molecule has 8 aromatic rings. The summed E-state index contributed by atoms with van der Waals surface area (Å²) in [5.74, 6) is 0. The van der Waals surface area contributed by atoms with Gasteiger partial charge in [0.1, 0.15) is 0 Å². The number of unbranched alkanes of at least 4 members (excludes halogenated alkanes) is 60. The number of hydrogen-bond donors (Lipinski definition) is 0. The summed E-state index contributed by atoms with van der Waals surface area (Å²) in [6.45, 7) is 9.30. The first kappa shape index (κ1) is 98.1. The molecule has 0 saturated carbocycles. The monoisotopic (exact) mass is 1790 g/mol. The molecule has 0 N–H and O–H groups in total. The summed E-state index contributed by atoms with van der Waals surface area (Å²) in [5, 5.41) is 0. The van der Waals surface area contributed by atoms with Gasteiger partial charge >= 0.3 is 0 Å². The minimum Gasteiger partial charge on any atom is -0.134 e. The molecule has 2 aromatic heterocycles. The van der Waals surface area contributed by atoms with Gasteiger partial charge in [0, 0.05) is 29.8 Å². The van der Waals surface area contributed by atoms with Gasteiger partial charge in [-0.05, 0) is 142 Å². The van der Waals surface area contributed by atoms with Gasteiger partial charge in [-0.15, -0.1) is 22.7 Å². The number of hydrogen-bond acceptors (Lipinski definition) is 2. The maximum absolute atomic E-state index is 4.15. The van der Waals surface area contributed by atoms with Gasteiger partial charge in [0.2, 0.25) is 0 Å². The van der Waals surface area contributed by atoms with Crippen molar-refractivity contribution >= 4 is 63.9 Å². The fraction of sp³-hybridized carbons (Fsp3) is 0.638. The van der Waals surface area contributed by atoms with Crippen molar-refractivity contribution in [1.82, 2.24) is 0 Å². The van der Waals surface area contributed by atoms with Crippen LogP contribution < -0.4 is 0 Å². The topological polar surface area (TPSA) is 0 Å². The largest absolute Gasteiger partial charge is 0.134 e. The van der Waals surface area contributed by atoms with E-state index in [-0.39, 0.29) is 0 Å². The SMILES string of the molecule is CCCCCCCCCCCCCCCCCCc1ccc(C2(c3ccc(CCCCCCCCCCCCCCCCCC)cc3)c3ccc(Br)cc3-c3sc4c5c(sc4c32)-c2ccc(Br)cc2C5(c2ccc(CCCCCCCCCCCCCCCCCC)cc2)c2ccc(CCCCCCCCCCCCCCCCCC)cc2)cc1. The highest BCUT2D eigenvalue weighted by molar-refractivity contribution is 9.10. The maximum Gasteiger partial charge on any atom is 0.0736 e. The molecule has 0 fully saturated rings. The first-order valence-electron chi connectivity index (χ1n) is 51.9. The van der Waals surface area contributed by atoms with E-state index in [1.807, 2.05) is 0 Å². The lowest BCUT2D eigenvalue weighted by molar-refractivity contribution is 0.529. The third-order valence-corrected chi connectivity index (χ3v) is 32.0. The van der Waals surface area contributed by atoms with Gasteiger partial charge < -0.3 is 0 Å². The van der Waals surface area contributed by atoms with E-state index < -0.39 is 10.8 Å². The van der Waals surface area contributed by atoms with Crippen molar-refractivity contribution in [2.75, 3.05) is 0 Å². The third kappa shape index (κ3) is 30.6. The Morgan fingerprint density at radius 2 is 0.400 bits per heavy atom. The van der Waals surface area contributed by atoms with Crippen LogP contribution in [0.15, 0.2) is 142 Å². The van der Waals surface area contributed by atoms with Gasteiger partial charge in [-0.2, -0.15) is 0 Å². The molecule has 120 heavy (non-hydrogen) atoms. The Balaban J connectivity index is 0.894. The summed E-state index contributed by atoms with van der Waals surface area (Å²) >= 11 is 12.5. The van der Waals surface area contributed by atoms with Crippen molar-refractivity contribution in [2.24, 2.45) is 0 Å². The first-order valence-corrected chi connectivity index (χ1v) is 55.2. The molecule has 2 aliphatic rings. The second-order valence-corrected chi connectivity index (χ2v) is 42.0. The van der Waals surface area contributed by atoms with Gasteiger partial charge in [0.25, 0.3) is 0 Å². The molecule has 0 bridgehead atoms. The fourth-order valence-electron chi connectivity index (χ4n) is 21.0. The Labute approximate surface area is 762 Å². The van der Waals surface area contributed by atoms with E-state index in [9.17, 15) is 0 Å². The lowest BCUT2D eigenvalue weighted by Gasteiger charge is -2.34. The van der Waals surface area contributed by atoms with E-state index in [4.69, 9.17) is 0 Å². The normalized spacial score (nSPS) is 13.2. The molecule has 0 aliphatic heterocycles. The number of halogens is 2. The van der Waals surface area contributed by atoms with E-state index in [1.165, 1.54) is 508 Å². The van der Waals surface area contributed by atoms with Crippen LogP contribution in [0.2, 0.25) is 0 Å². The Bertz CT molecular complexity index is 3810. The van der Waals surface area contributed by atoms with Crippen LogP contribution in [0.25, 0.3) is 30.3 Å². The molecule has 0 spiro atoms.